The number of halogens is 9. The van der Waals surface area contributed by atoms with Crippen molar-refractivity contribution in [1.29, 1.82) is 0 Å². The number of ether oxygens (including phenoxy) is 1. The van der Waals surface area contributed by atoms with Crippen molar-refractivity contribution in [1.82, 2.24) is 7.94 Å². The minimum absolute atomic E-state index is 0.00709. The molecule has 360 valence electrons. The highest BCUT2D eigenvalue weighted by atomic mass is 35.5. The third-order valence-electron chi connectivity index (χ3n) is 11.6. The van der Waals surface area contributed by atoms with Crippen molar-refractivity contribution in [2.75, 3.05) is 13.2 Å². The van der Waals surface area contributed by atoms with Crippen LogP contribution in [0.2, 0.25) is 39.7 Å². The van der Waals surface area contributed by atoms with Crippen LogP contribution in [0.15, 0.2) is 82.6 Å². The monoisotopic (exact) mass is 1060 g/mol. The molecule has 1 aliphatic heterocycles. The van der Waals surface area contributed by atoms with Gasteiger partial charge in [-0.25, -0.2) is 33.6 Å². The van der Waals surface area contributed by atoms with E-state index in [-0.39, 0.29) is 76.8 Å². The van der Waals surface area contributed by atoms with Gasteiger partial charge in [-0.2, -0.15) is 13.2 Å². The van der Waals surface area contributed by atoms with Crippen molar-refractivity contribution in [2.24, 2.45) is 0 Å². The first-order valence-corrected chi connectivity index (χ1v) is 28.9. The second-order valence-corrected chi connectivity index (χ2v) is 27.0. The molecule has 67 heavy (non-hydrogen) atoms. The zero-order valence-electron chi connectivity index (χ0n) is 36.7. The number of fused-ring (bicyclic) bond motifs is 6. The Kier molecular flexibility index (Phi) is 14.6. The molecule has 2 aliphatic carbocycles. The van der Waals surface area contributed by atoms with Gasteiger partial charge in [0.05, 0.1) is 46.6 Å². The highest BCUT2D eigenvalue weighted by molar-refractivity contribution is 7.90. The van der Waals surface area contributed by atoms with Crippen molar-refractivity contribution in [3.63, 3.8) is 0 Å². The Hall–Kier alpha value is -3.52. The number of alkyl halides is 5. The fourth-order valence-corrected chi connectivity index (χ4v) is 13.9. The van der Waals surface area contributed by atoms with E-state index in [4.69, 9.17) is 55.6 Å². The minimum atomic E-state index is -5.27. The van der Waals surface area contributed by atoms with E-state index in [2.05, 4.69) is 0 Å². The number of aryl methyl sites for hydroxylation is 4. The van der Waals surface area contributed by atoms with Gasteiger partial charge in [0.2, 0.25) is 11.4 Å². The number of carbonyl (C=O) groups is 1. The molecule has 6 aromatic rings. The first-order valence-electron chi connectivity index (χ1n) is 21.1. The van der Waals surface area contributed by atoms with Gasteiger partial charge in [-0.1, -0.05) is 81.8 Å². The van der Waals surface area contributed by atoms with Crippen LogP contribution in [-0.4, -0.2) is 70.6 Å². The van der Waals surface area contributed by atoms with Crippen LogP contribution in [0.4, 0.5) is 22.0 Å². The van der Waals surface area contributed by atoms with E-state index >= 15 is 4.39 Å². The summed E-state index contributed by atoms with van der Waals surface area (Å²) in [6.45, 7) is 10.1. The predicted octanol–water partition coefficient (Wildman–Crippen LogP) is 13.1. The number of carbonyl (C=O) groups excluding carboxylic acids is 1. The Labute approximate surface area is 406 Å². The molecule has 1 fully saturated rings. The number of rotatable bonds is 6. The second-order valence-electron chi connectivity index (χ2n) is 17.5. The van der Waals surface area contributed by atoms with Gasteiger partial charge in [0, 0.05) is 24.0 Å². The zero-order chi connectivity index (χ0) is 49.2. The summed E-state index contributed by atoms with van der Waals surface area (Å²) in [7, 11) is -11.9. The summed E-state index contributed by atoms with van der Waals surface area (Å²) in [5.74, 6) is -0.852. The normalized spacial score (nSPS) is 19.9. The summed E-state index contributed by atoms with van der Waals surface area (Å²) in [4.78, 5) is 12.4. The van der Waals surface area contributed by atoms with Crippen LogP contribution in [-0.2, 0) is 47.7 Å². The Morgan fingerprint density at radius 3 is 1.58 bits per heavy atom. The molecule has 3 aliphatic rings. The van der Waals surface area contributed by atoms with Crippen molar-refractivity contribution in [2.45, 2.75) is 106 Å². The fourth-order valence-electron chi connectivity index (χ4n) is 8.61. The lowest BCUT2D eigenvalue weighted by molar-refractivity contribution is -0.284. The van der Waals surface area contributed by atoms with Crippen LogP contribution >= 0.6 is 46.4 Å². The van der Waals surface area contributed by atoms with Crippen LogP contribution in [0.1, 0.15) is 64.1 Å². The molecule has 4 aromatic carbocycles. The Balaban J connectivity index is 0.000000184. The van der Waals surface area contributed by atoms with Gasteiger partial charge >= 0.3 is 6.18 Å². The average molecular weight is 1070 g/mol. The zero-order valence-corrected chi connectivity index (χ0v) is 42.4. The van der Waals surface area contributed by atoms with E-state index in [1.54, 1.807) is 19.1 Å². The van der Waals surface area contributed by atoms with Gasteiger partial charge in [-0.3, -0.25) is 4.79 Å². The summed E-state index contributed by atoms with van der Waals surface area (Å²) in [6, 6.07) is 17.5. The van der Waals surface area contributed by atoms with Gasteiger partial charge < -0.3 is 9.16 Å². The van der Waals surface area contributed by atoms with Crippen molar-refractivity contribution < 1.29 is 52.7 Å². The number of ketones is 1. The largest absolute Gasteiger partial charge is 0.425 e. The van der Waals surface area contributed by atoms with Crippen LogP contribution in [0.25, 0.3) is 21.8 Å². The number of nitrogens with zero attached hydrogens (tertiary/aromatic N) is 2. The first-order chi connectivity index (χ1) is 31.3. The van der Waals surface area contributed by atoms with Crippen LogP contribution < -0.4 is 0 Å². The number of hydrogen-bond acceptors (Lipinski definition) is 7. The SMILES string of the molecule is C1CCOC1.Cc1ccc(S(=O)(=O)n2c3c(c4c(Cl)c(Cl)ccc42)CCC(F)C3(O[Si](C)(C)C)C(F)(F)F)cc1.Cc1ccc(S(=O)(=O)n2c3c(c4c(Cl)c(Cl)ccc42)CCC(F)C3=O)cc1. The van der Waals surface area contributed by atoms with Gasteiger partial charge in [0.1, 0.15) is 11.9 Å². The molecular formula is C46H45Cl4F5N2O7S2Si. The van der Waals surface area contributed by atoms with Gasteiger partial charge in [-0.15, -0.1) is 0 Å². The van der Waals surface area contributed by atoms with E-state index in [0.29, 0.717) is 14.9 Å². The van der Waals surface area contributed by atoms with Crippen LogP contribution in [0.3, 0.4) is 0 Å². The molecular weight excluding hydrogens is 1020 g/mol. The van der Waals surface area contributed by atoms with Gasteiger partial charge in [0.15, 0.2) is 14.5 Å². The Bertz CT molecular complexity index is 3110. The fraction of sp³-hybridized carbons (Fsp3) is 0.370. The number of aromatic nitrogens is 2. The molecule has 0 radical (unpaired) electrons. The maximum atomic E-state index is 15.7. The Morgan fingerprint density at radius 1 is 0.687 bits per heavy atom. The van der Waals surface area contributed by atoms with Crippen molar-refractivity contribution in [3.8, 4) is 0 Å². The predicted molar refractivity (Wildman–Crippen MR) is 254 cm³/mol. The summed E-state index contributed by atoms with van der Waals surface area (Å²) in [5, 5.41) is 0.775. The number of hydrogen-bond donors (Lipinski definition) is 0. The molecule has 3 heterocycles. The van der Waals surface area contributed by atoms with Gasteiger partial charge in [-0.05, 0) is 132 Å². The van der Waals surface area contributed by atoms with Crippen LogP contribution in [0, 0.1) is 13.8 Å². The molecule has 0 N–H and O–H groups in total. The molecule has 0 spiro atoms. The highest BCUT2D eigenvalue weighted by Crippen LogP contribution is 2.56. The molecule has 9 rings (SSSR count). The van der Waals surface area contributed by atoms with Crippen molar-refractivity contribution in [3.05, 3.63) is 127 Å². The quantitative estimate of drug-likeness (QED) is 0.121. The maximum absolute atomic E-state index is 15.7. The summed E-state index contributed by atoms with van der Waals surface area (Å²) < 4.78 is 141. The van der Waals surface area contributed by atoms with Gasteiger partial charge in [0.25, 0.3) is 20.0 Å². The van der Waals surface area contributed by atoms with Crippen molar-refractivity contribution >= 4 is 102 Å². The summed E-state index contributed by atoms with van der Waals surface area (Å²) >= 11 is 25.0. The Morgan fingerprint density at radius 2 is 1.13 bits per heavy atom. The molecule has 0 bridgehead atoms. The smallest absolute Gasteiger partial charge is 0.397 e. The van der Waals surface area contributed by atoms with E-state index in [1.165, 1.54) is 93.1 Å². The topological polar surface area (TPSA) is 114 Å². The number of Topliss-reactive ketones (excluding diaryl/α,β-unsaturated/α-hetero) is 1. The first kappa shape index (κ1) is 51.3. The molecule has 1 saturated heterocycles. The summed E-state index contributed by atoms with van der Waals surface area (Å²) in [5.41, 5.74) is -2.34. The van der Waals surface area contributed by atoms with E-state index in [9.17, 15) is 39.2 Å². The highest BCUT2D eigenvalue weighted by Gasteiger charge is 2.68. The average Bonchev–Trinajstić information content (AvgIpc) is 4.02. The lowest BCUT2D eigenvalue weighted by atomic mass is 9.81. The molecule has 3 atom stereocenters. The van der Waals surface area contributed by atoms with E-state index in [1.807, 2.05) is 6.92 Å². The number of benzene rings is 4. The molecule has 2 aromatic heterocycles. The van der Waals surface area contributed by atoms with E-state index < -0.39 is 70.4 Å². The lowest BCUT2D eigenvalue weighted by Gasteiger charge is -2.45. The molecule has 0 amide bonds. The maximum Gasteiger partial charge on any atom is 0.425 e. The second kappa shape index (κ2) is 19.0. The van der Waals surface area contributed by atoms with Crippen LogP contribution in [0.5, 0.6) is 0 Å². The van der Waals surface area contributed by atoms with E-state index in [0.717, 1.165) is 28.3 Å². The lowest BCUT2D eigenvalue weighted by Crippen LogP contribution is -2.59. The molecule has 21 heteroatoms. The minimum Gasteiger partial charge on any atom is -0.397 e. The molecule has 0 saturated carbocycles. The standard InChI is InChI=1S/C23H23Cl2F4NO3SSi.C19H14Cl2FNO3S.C4H8O/c1-13-5-7-14(8-6-13)34(31,32)30-17-11-10-16(24)20(25)19(17)15-9-12-18(26)22(21(15)30,23(27,28)29)33-35(2,3)4;1-10-2-4-11(5-3-10)27(25,26)23-15-9-7-13(20)17(21)16(15)12-6-8-14(22)19(24)18(12)23;1-2-4-5-3-1/h5-8,10-11,18H,9,12H2,1-4H3;2-5,7,9,14H,6,8H2,1H3;1-4H2. The molecule has 9 nitrogen and oxygen atoms in total. The summed E-state index contributed by atoms with van der Waals surface area (Å²) in [6.07, 6.45) is -7.50. The molecule has 3 unspecified atom stereocenters. The third-order valence-corrected chi connectivity index (χ3v) is 17.6. The third kappa shape index (κ3) is 9.33.